The molecular formula is C18H28N2O5. The van der Waals surface area contributed by atoms with Gasteiger partial charge in [0.15, 0.2) is 11.5 Å². The summed E-state index contributed by atoms with van der Waals surface area (Å²) in [5, 5.41) is 2.77. The van der Waals surface area contributed by atoms with Crippen LogP contribution in [0.5, 0.6) is 17.2 Å². The molecule has 1 aromatic rings. The molecule has 7 nitrogen and oxygen atoms in total. The van der Waals surface area contributed by atoms with Crippen LogP contribution in [0, 0.1) is 0 Å². The van der Waals surface area contributed by atoms with Gasteiger partial charge in [0.1, 0.15) is 0 Å². The Bertz CT molecular complexity index is 576. The van der Waals surface area contributed by atoms with Crippen molar-refractivity contribution in [2.75, 3.05) is 34.9 Å². The van der Waals surface area contributed by atoms with Crippen molar-refractivity contribution in [3.8, 4) is 17.2 Å². The average molecular weight is 352 g/mol. The number of carbonyl (C=O) groups is 2. The molecule has 25 heavy (non-hydrogen) atoms. The lowest BCUT2D eigenvalue weighted by Crippen LogP contribution is -2.40. The summed E-state index contributed by atoms with van der Waals surface area (Å²) in [6.07, 6.45) is 0.787. The van der Waals surface area contributed by atoms with Crippen LogP contribution in [0.25, 0.3) is 0 Å². The highest BCUT2D eigenvalue weighted by atomic mass is 16.5. The zero-order chi connectivity index (χ0) is 19.0. The predicted octanol–water partition coefficient (Wildman–Crippen LogP) is 1.63. The van der Waals surface area contributed by atoms with Crippen molar-refractivity contribution < 1.29 is 23.8 Å². The van der Waals surface area contributed by atoms with Gasteiger partial charge in [0.2, 0.25) is 17.6 Å². The van der Waals surface area contributed by atoms with Crippen LogP contribution in [-0.2, 0) is 16.0 Å². The van der Waals surface area contributed by atoms with E-state index in [4.69, 9.17) is 14.2 Å². The van der Waals surface area contributed by atoms with E-state index in [0.717, 1.165) is 5.56 Å². The molecule has 1 N–H and O–H groups in total. The van der Waals surface area contributed by atoms with E-state index in [0.29, 0.717) is 23.7 Å². The number of amides is 2. The fourth-order valence-corrected chi connectivity index (χ4v) is 2.39. The summed E-state index contributed by atoms with van der Waals surface area (Å²) in [7, 11) is 6.26. The van der Waals surface area contributed by atoms with E-state index in [1.165, 1.54) is 4.90 Å². The van der Waals surface area contributed by atoms with Gasteiger partial charge in [0, 0.05) is 19.5 Å². The first kappa shape index (κ1) is 20.6. The molecule has 1 aromatic carbocycles. The van der Waals surface area contributed by atoms with Gasteiger partial charge in [-0.05, 0) is 38.0 Å². The Morgan fingerprint density at radius 3 is 2.08 bits per heavy atom. The average Bonchev–Trinajstić information content (AvgIpc) is 2.57. The molecule has 0 aliphatic heterocycles. The largest absolute Gasteiger partial charge is 0.493 e. The highest BCUT2D eigenvalue weighted by Gasteiger charge is 2.16. The molecule has 0 aliphatic rings. The van der Waals surface area contributed by atoms with Crippen molar-refractivity contribution in [3.05, 3.63) is 17.7 Å². The minimum atomic E-state index is -0.168. The second-order valence-electron chi connectivity index (χ2n) is 6.01. The zero-order valence-corrected chi connectivity index (χ0v) is 15.8. The number of nitrogens with zero attached hydrogens (tertiary/aromatic N) is 1. The number of benzene rings is 1. The molecule has 0 unspecified atom stereocenters. The van der Waals surface area contributed by atoms with Crippen molar-refractivity contribution in [1.29, 1.82) is 0 Å². The first-order chi connectivity index (χ1) is 11.8. The number of nitrogens with one attached hydrogen (secondary N) is 1. The van der Waals surface area contributed by atoms with E-state index in [-0.39, 0.29) is 30.8 Å². The van der Waals surface area contributed by atoms with Crippen molar-refractivity contribution in [2.24, 2.45) is 0 Å². The Morgan fingerprint density at radius 1 is 1.08 bits per heavy atom. The quantitative estimate of drug-likeness (QED) is 0.731. The number of rotatable bonds is 9. The second-order valence-corrected chi connectivity index (χ2v) is 6.01. The van der Waals surface area contributed by atoms with Crippen LogP contribution in [0.1, 0.15) is 25.8 Å². The van der Waals surface area contributed by atoms with Crippen LogP contribution in [0.4, 0.5) is 0 Å². The Morgan fingerprint density at radius 2 is 1.64 bits per heavy atom. The first-order valence-corrected chi connectivity index (χ1v) is 8.14. The van der Waals surface area contributed by atoms with Gasteiger partial charge in [0.05, 0.1) is 27.9 Å². The van der Waals surface area contributed by atoms with Gasteiger partial charge in [-0.15, -0.1) is 0 Å². The zero-order valence-electron chi connectivity index (χ0n) is 15.8. The van der Waals surface area contributed by atoms with Crippen LogP contribution >= 0.6 is 0 Å². The second kappa shape index (κ2) is 9.76. The van der Waals surface area contributed by atoms with E-state index in [2.05, 4.69) is 5.32 Å². The maximum absolute atomic E-state index is 12.2. The van der Waals surface area contributed by atoms with Gasteiger partial charge in [-0.25, -0.2) is 0 Å². The van der Waals surface area contributed by atoms with Gasteiger partial charge in [-0.1, -0.05) is 0 Å². The van der Waals surface area contributed by atoms with Crippen LogP contribution < -0.4 is 19.5 Å². The van der Waals surface area contributed by atoms with E-state index in [9.17, 15) is 9.59 Å². The molecule has 0 aromatic heterocycles. The van der Waals surface area contributed by atoms with Crippen molar-refractivity contribution in [2.45, 2.75) is 32.7 Å². The van der Waals surface area contributed by atoms with Gasteiger partial charge in [-0.3, -0.25) is 9.59 Å². The summed E-state index contributed by atoms with van der Waals surface area (Å²) < 4.78 is 15.9. The molecule has 0 atom stereocenters. The fourth-order valence-electron chi connectivity index (χ4n) is 2.39. The molecule has 0 saturated carbocycles. The number of hydrogen-bond acceptors (Lipinski definition) is 5. The smallest absolute Gasteiger partial charge is 0.239 e. The third kappa shape index (κ3) is 6.17. The van der Waals surface area contributed by atoms with Gasteiger partial charge in [0.25, 0.3) is 0 Å². The van der Waals surface area contributed by atoms with Crippen molar-refractivity contribution in [1.82, 2.24) is 10.2 Å². The third-order valence-corrected chi connectivity index (χ3v) is 3.61. The maximum atomic E-state index is 12.2. The summed E-state index contributed by atoms with van der Waals surface area (Å²) in [5.74, 6) is 1.34. The van der Waals surface area contributed by atoms with Gasteiger partial charge < -0.3 is 24.4 Å². The van der Waals surface area contributed by atoms with Crippen LogP contribution in [0.3, 0.4) is 0 Å². The molecule has 2 amide bonds. The SMILES string of the molecule is COc1cc(CCC(=O)N(C)CC(=O)NC(C)C)cc(OC)c1OC. The molecular weight excluding hydrogens is 324 g/mol. The van der Waals surface area contributed by atoms with Crippen LogP contribution in [0.15, 0.2) is 12.1 Å². The van der Waals surface area contributed by atoms with Crippen LogP contribution in [0.2, 0.25) is 0 Å². The molecule has 0 spiro atoms. The maximum Gasteiger partial charge on any atom is 0.239 e. The third-order valence-electron chi connectivity index (χ3n) is 3.61. The summed E-state index contributed by atoms with van der Waals surface area (Å²) >= 11 is 0. The minimum Gasteiger partial charge on any atom is -0.493 e. The number of likely N-dealkylation sites (N-methyl/N-ethyl adjacent to an activating group) is 1. The van der Waals surface area contributed by atoms with E-state index >= 15 is 0 Å². The molecule has 0 radical (unpaired) electrons. The summed E-state index contributed by atoms with van der Waals surface area (Å²) in [5.41, 5.74) is 0.892. The van der Waals surface area contributed by atoms with Crippen LogP contribution in [-0.4, -0.2) is 57.7 Å². The highest BCUT2D eigenvalue weighted by molar-refractivity contribution is 5.84. The van der Waals surface area contributed by atoms with Gasteiger partial charge >= 0.3 is 0 Å². The number of methoxy groups -OCH3 is 3. The topological polar surface area (TPSA) is 77.1 Å². The Kier molecular flexibility index (Phi) is 8.04. The lowest BCUT2D eigenvalue weighted by Gasteiger charge is -2.18. The molecule has 0 aliphatic carbocycles. The fraction of sp³-hybridized carbons (Fsp3) is 0.556. The van der Waals surface area contributed by atoms with E-state index in [1.807, 2.05) is 26.0 Å². The Hall–Kier alpha value is -2.44. The first-order valence-electron chi connectivity index (χ1n) is 8.14. The molecule has 0 bridgehead atoms. The standard InChI is InChI=1S/C18H28N2O5/c1-12(2)19-16(21)11-20(3)17(22)8-7-13-9-14(23-4)18(25-6)15(10-13)24-5/h9-10,12H,7-8,11H2,1-6H3,(H,19,21). The molecule has 1 rings (SSSR count). The molecule has 0 fully saturated rings. The monoisotopic (exact) mass is 352 g/mol. The number of carbonyl (C=O) groups excluding carboxylic acids is 2. The van der Waals surface area contributed by atoms with Gasteiger partial charge in [-0.2, -0.15) is 0 Å². The number of hydrogen-bond donors (Lipinski definition) is 1. The molecule has 0 saturated heterocycles. The van der Waals surface area contributed by atoms with Crippen molar-refractivity contribution >= 4 is 11.8 Å². The molecule has 140 valence electrons. The lowest BCUT2D eigenvalue weighted by atomic mass is 10.1. The minimum absolute atomic E-state index is 0.0479. The normalized spacial score (nSPS) is 10.4. The Labute approximate surface area is 149 Å². The summed E-state index contributed by atoms with van der Waals surface area (Å²) in [6.45, 7) is 3.81. The van der Waals surface area contributed by atoms with E-state index < -0.39 is 0 Å². The number of aryl methyl sites for hydroxylation is 1. The molecule has 0 heterocycles. The summed E-state index contributed by atoms with van der Waals surface area (Å²) in [4.78, 5) is 25.4. The number of ether oxygens (including phenoxy) is 3. The van der Waals surface area contributed by atoms with E-state index in [1.54, 1.807) is 28.4 Å². The molecule has 7 heteroatoms. The summed E-state index contributed by atoms with van der Waals surface area (Å²) in [6, 6.07) is 3.69. The predicted molar refractivity (Wildman–Crippen MR) is 95.3 cm³/mol. The van der Waals surface area contributed by atoms with Crippen molar-refractivity contribution in [3.63, 3.8) is 0 Å². The lowest BCUT2D eigenvalue weighted by molar-refractivity contribution is -0.134. The Balaban J connectivity index is 2.71. The highest BCUT2D eigenvalue weighted by Crippen LogP contribution is 2.38.